The molecule has 84 valence electrons. The number of aliphatic hydroxyl groups is 1. The van der Waals surface area contributed by atoms with Crippen LogP contribution in [0.1, 0.15) is 27.2 Å². The molecule has 0 aromatic heterocycles. The van der Waals surface area contributed by atoms with Crippen molar-refractivity contribution in [1.29, 1.82) is 0 Å². The lowest BCUT2D eigenvalue weighted by atomic mass is 9.99. The molecule has 14 heavy (non-hydrogen) atoms. The molecule has 1 saturated carbocycles. The molecule has 0 heterocycles. The molecule has 2 atom stereocenters. The van der Waals surface area contributed by atoms with Gasteiger partial charge in [0.05, 0.1) is 11.9 Å². The van der Waals surface area contributed by atoms with Crippen molar-refractivity contribution in [2.24, 2.45) is 11.3 Å². The van der Waals surface area contributed by atoms with Crippen molar-refractivity contribution in [3.8, 4) is 0 Å². The first-order chi connectivity index (χ1) is 6.26. The first-order valence-electron chi connectivity index (χ1n) is 4.75. The average molecular weight is 222 g/mol. The zero-order chi connectivity index (χ0) is 11.0. The molecule has 5 heteroatoms. The van der Waals surface area contributed by atoms with E-state index in [0.717, 1.165) is 0 Å². The van der Waals surface area contributed by atoms with Gasteiger partial charge < -0.3 is 5.11 Å². The van der Waals surface area contributed by atoms with Crippen LogP contribution in [0.5, 0.6) is 0 Å². The second-order valence-electron chi connectivity index (χ2n) is 5.03. The van der Waals surface area contributed by atoms with Crippen LogP contribution in [0.15, 0.2) is 0 Å². The van der Waals surface area contributed by atoms with E-state index in [2.05, 4.69) is 0 Å². The molecule has 0 amide bonds. The second kappa shape index (κ2) is 3.79. The van der Waals surface area contributed by atoms with E-state index in [1.165, 1.54) is 0 Å². The number of rotatable bonds is 4. The molecule has 1 rings (SSSR count). The van der Waals surface area contributed by atoms with Gasteiger partial charge >= 0.3 is 0 Å². The summed E-state index contributed by atoms with van der Waals surface area (Å²) < 4.78 is 27.9. The summed E-state index contributed by atoms with van der Waals surface area (Å²) in [6, 6.07) is 0. The topological polar surface area (TPSA) is 63.6 Å². The molecule has 1 aliphatic rings. The third-order valence-corrected chi connectivity index (χ3v) is 3.88. The Morgan fingerprint density at radius 2 is 2.00 bits per heavy atom. The van der Waals surface area contributed by atoms with Gasteiger partial charge in [-0.2, -0.15) is 8.42 Å². The van der Waals surface area contributed by atoms with Crippen LogP contribution in [0.25, 0.3) is 0 Å². The van der Waals surface area contributed by atoms with Gasteiger partial charge in [-0.05, 0) is 11.8 Å². The van der Waals surface area contributed by atoms with Crippen LogP contribution in [0, 0.1) is 11.3 Å². The van der Waals surface area contributed by atoms with Crippen molar-refractivity contribution in [2.45, 2.75) is 32.4 Å². The van der Waals surface area contributed by atoms with E-state index in [-0.39, 0.29) is 24.5 Å². The van der Waals surface area contributed by atoms with Crippen LogP contribution >= 0.6 is 0 Å². The molecule has 0 unspecified atom stereocenters. The van der Waals surface area contributed by atoms with Gasteiger partial charge in [-0.1, -0.05) is 20.8 Å². The molecule has 1 aliphatic carbocycles. The predicted octanol–water partition coefficient (Wildman–Crippen LogP) is 0.760. The van der Waals surface area contributed by atoms with E-state index in [9.17, 15) is 8.42 Å². The summed E-state index contributed by atoms with van der Waals surface area (Å²) in [4.78, 5) is 0. The Hall–Kier alpha value is -0.130. The van der Waals surface area contributed by atoms with Gasteiger partial charge in [0.25, 0.3) is 10.1 Å². The summed E-state index contributed by atoms with van der Waals surface area (Å²) in [6.07, 6.45) is 0.531. The first kappa shape index (κ1) is 11.9. The maximum Gasteiger partial charge on any atom is 0.270 e. The lowest BCUT2D eigenvalue weighted by Crippen LogP contribution is -2.22. The van der Waals surface area contributed by atoms with Crippen LogP contribution in [0.3, 0.4) is 0 Å². The van der Waals surface area contributed by atoms with Gasteiger partial charge in [0.15, 0.2) is 0 Å². The summed E-state index contributed by atoms with van der Waals surface area (Å²) in [5, 5.41) is 8.27. The summed E-state index contributed by atoms with van der Waals surface area (Å²) in [5.41, 5.74) is -0.156. The maximum atomic E-state index is 11.5. The second-order valence-corrected chi connectivity index (χ2v) is 6.86. The fourth-order valence-electron chi connectivity index (χ4n) is 1.11. The molecule has 0 aromatic carbocycles. The average Bonchev–Trinajstić information content (AvgIpc) is 2.78. The SMILES string of the molecule is CC(C)(C)COS(=O)(=O)[C@@H]1C[C@H]1CO. The van der Waals surface area contributed by atoms with Crippen molar-refractivity contribution < 1.29 is 17.7 Å². The molecular weight excluding hydrogens is 204 g/mol. The van der Waals surface area contributed by atoms with Crippen molar-refractivity contribution in [3.05, 3.63) is 0 Å². The molecule has 4 nitrogen and oxygen atoms in total. The van der Waals surface area contributed by atoms with Crippen LogP contribution in [-0.4, -0.2) is 32.0 Å². The Kier molecular flexibility index (Phi) is 3.23. The third-order valence-electron chi connectivity index (χ3n) is 2.12. The first-order valence-corrected chi connectivity index (χ1v) is 6.22. The lowest BCUT2D eigenvalue weighted by molar-refractivity contribution is 0.201. The van der Waals surface area contributed by atoms with Crippen LogP contribution in [0.4, 0.5) is 0 Å². The molecule has 0 saturated heterocycles. The van der Waals surface area contributed by atoms with Gasteiger partial charge in [-0.3, -0.25) is 4.18 Å². The fraction of sp³-hybridized carbons (Fsp3) is 1.00. The molecule has 0 aliphatic heterocycles. The quantitative estimate of drug-likeness (QED) is 0.713. The lowest BCUT2D eigenvalue weighted by Gasteiger charge is -2.17. The molecule has 1 fully saturated rings. The van der Waals surface area contributed by atoms with Crippen molar-refractivity contribution in [3.63, 3.8) is 0 Å². The smallest absolute Gasteiger partial charge is 0.270 e. The van der Waals surface area contributed by atoms with E-state index in [1.807, 2.05) is 20.8 Å². The van der Waals surface area contributed by atoms with E-state index in [1.54, 1.807) is 0 Å². The summed E-state index contributed by atoms with van der Waals surface area (Å²) in [7, 11) is -3.44. The van der Waals surface area contributed by atoms with Gasteiger partial charge in [0.2, 0.25) is 0 Å². The molecular formula is C9H18O4S. The van der Waals surface area contributed by atoms with E-state index in [0.29, 0.717) is 6.42 Å². The van der Waals surface area contributed by atoms with Crippen LogP contribution < -0.4 is 0 Å². The van der Waals surface area contributed by atoms with Crippen molar-refractivity contribution >= 4 is 10.1 Å². The normalized spacial score (nSPS) is 27.7. The van der Waals surface area contributed by atoms with Gasteiger partial charge in [-0.15, -0.1) is 0 Å². The highest BCUT2D eigenvalue weighted by Gasteiger charge is 2.47. The minimum Gasteiger partial charge on any atom is -0.396 e. The number of hydrogen-bond donors (Lipinski definition) is 1. The standard InChI is InChI=1S/C9H18O4S/c1-9(2,3)6-13-14(11,12)8-4-7(8)5-10/h7-8,10H,4-6H2,1-3H3/t7-,8+/m0/s1. The monoisotopic (exact) mass is 222 g/mol. The highest BCUT2D eigenvalue weighted by atomic mass is 32.2. The Labute approximate surface area is 85.4 Å². The summed E-state index contributed by atoms with van der Waals surface area (Å²) >= 11 is 0. The molecule has 0 spiro atoms. The minimum absolute atomic E-state index is 0.0667. The molecule has 0 radical (unpaired) electrons. The Balaban J connectivity index is 2.45. The predicted molar refractivity (Wildman–Crippen MR) is 53.3 cm³/mol. The largest absolute Gasteiger partial charge is 0.396 e. The minimum atomic E-state index is -3.44. The number of aliphatic hydroxyl groups excluding tert-OH is 1. The maximum absolute atomic E-state index is 11.5. The van der Waals surface area contributed by atoms with Gasteiger partial charge in [0, 0.05) is 12.5 Å². The zero-order valence-electron chi connectivity index (χ0n) is 8.86. The van der Waals surface area contributed by atoms with E-state index < -0.39 is 15.4 Å². The summed E-state index contributed by atoms with van der Waals surface area (Å²) in [6.45, 7) is 5.88. The Bertz CT molecular complexity index is 288. The van der Waals surface area contributed by atoms with Crippen LogP contribution in [-0.2, 0) is 14.3 Å². The summed E-state index contributed by atoms with van der Waals surface area (Å²) in [5.74, 6) is -0.111. The zero-order valence-corrected chi connectivity index (χ0v) is 9.67. The van der Waals surface area contributed by atoms with Crippen molar-refractivity contribution in [1.82, 2.24) is 0 Å². The Morgan fingerprint density at radius 1 is 1.43 bits per heavy atom. The molecule has 0 bridgehead atoms. The Morgan fingerprint density at radius 3 is 2.36 bits per heavy atom. The van der Waals surface area contributed by atoms with Gasteiger partial charge in [0.1, 0.15) is 0 Å². The van der Waals surface area contributed by atoms with Gasteiger partial charge in [-0.25, -0.2) is 0 Å². The van der Waals surface area contributed by atoms with Crippen LogP contribution in [0.2, 0.25) is 0 Å². The van der Waals surface area contributed by atoms with Crippen molar-refractivity contribution in [2.75, 3.05) is 13.2 Å². The molecule has 0 aromatic rings. The van der Waals surface area contributed by atoms with E-state index >= 15 is 0 Å². The highest BCUT2D eigenvalue weighted by Crippen LogP contribution is 2.37. The fourth-order valence-corrected chi connectivity index (χ4v) is 2.84. The van der Waals surface area contributed by atoms with E-state index in [4.69, 9.17) is 9.29 Å². The third kappa shape index (κ3) is 3.22. The highest BCUT2D eigenvalue weighted by molar-refractivity contribution is 7.87. The molecule has 1 N–H and O–H groups in total. The number of hydrogen-bond acceptors (Lipinski definition) is 4.